The Labute approximate surface area is 201 Å². The van der Waals surface area contributed by atoms with Crippen LogP contribution < -0.4 is 15.6 Å². The van der Waals surface area contributed by atoms with Crippen LogP contribution in [-0.4, -0.2) is 27.9 Å². The fourth-order valence-corrected chi connectivity index (χ4v) is 3.82. The Morgan fingerprint density at radius 1 is 0.829 bits per heavy atom. The number of nitrogens with one attached hydrogen (secondary N) is 2. The van der Waals surface area contributed by atoms with Crippen LogP contribution in [0.4, 0.5) is 0 Å². The van der Waals surface area contributed by atoms with Gasteiger partial charge in [-0.05, 0) is 54.1 Å². The number of benzene rings is 3. The monoisotopic (exact) mass is 462 g/mol. The van der Waals surface area contributed by atoms with Crippen LogP contribution in [0, 0.1) is 0 Å². The van der Waals surface area contributed by atoms with Crippen LogP contribution in [0.3, 0.4) is 0 Å². The van der Waals surface area contributed by atoms with Crippen LogP contribution in [0.25, 0.3) is 32.9 Å². The second-order valence-corrected chi connectivity index (χ2v) is 8.02. The van der Waals surface area contributed by atoms with Crippen molar-refractivity contribution in [3.05, 3.63) is 103 Å². The fraction of sp³-hybridized carbons (Fsp3) is 0.0714. The standard InChI is InChI=1S/C28H22N4O3/c1-18(35-22-11-10-19-6-2-3-7-21(19)16-22)27(33)31-32-28(34)24-17-26(20-12-14-29-15-13-20)30-25-9-5-4-8-23(24)25/h2-18H,1H3,(H,31,33)(H,32,34). The molecule has 0 saturated heterocycles. The van der Waals surface area contributed by atoms with E-state index in [0.717, 1.165) is 16.3 Å². The number of hydrazine groups is 1. The summed E-state index contributed by atoms with van der Waals surface area (Å²) < 4.78 is 5.79. The molecule has 0 aliphatic rings. The molecule has 2 heterocycles. The second kappa shape index (κ2) is 9.61. The van der Waals surface area contributed by atoms with Gasteiger partial charge in [0.25, 0.3) is 11.8 Å². The fourth-order valence-electron chi connectivity index (χ4n) is 3.82. The molecule has 5 aromatic rings. The molecular weight excluding hydrogens is 440 g/mol. The van der Waals surface area contributed by atoms with E-state index in [4.69, 9.17) is 4.74 Å². The number of para-hydroxylation sites is 1. The van der Waals surface area contributed by atoms with Gasteiger partial charge in [-0.15, -0.1) is 0 Å². The van der Waals surface area contributed by atoms with E-state index < -0.39 is 17.9 Å². The number of amides is 2. The van der Waals surface area contributed by atoms with Gasteiger partial charge in [-0.2, -0.15) is 0 Å². The molecule has 0 fully saturated rings. The Balaban J connectivity index is 1.31. The summed E-state index contributed by atoms with van der Waals surface area (Å²) in [5.41, 5.74) is 7.51. The first-order valence-corrected chi connectivity index (χ1v) is 11.1. The van der Waals surface area contributed by atoms with Gasteiger partial charge in [0.1, 0.15) is 5.75 Å². The van der Waals surface area contributed by atoms with Gasteiger partial charge in [-0.25, -0.2) is 4.98 Å². The summed E-state index contributed by atoms with van der Waals surface area (Å²) >= 11 is 0. The van der Waals surface area contributed by atoms with Crippen LogP contribution in [0.5, 0.6) is 5.75 Å². The van der Waals surface area contributed by atoms with E-state index >= 15 is 0 Å². The number of carbonyl (C=O) groups is 2. The molecule has 2 N–H and O–H groups in total. The molecule has 35 heavy (non-hydrogen) atoms. The number of hydrogen-bond donors (Lipinski definition) is 2. The number of carbonyl (C=O) groups excluding carboxylic acids is 2. The maximum Gasteiger partial charge on any atom is 0.279 e. The van der Waals surface area contributed by atoms with Crippen LogP contribution in [0.1, 0.15) is 17.3 Å². The first-order valence-electron chi connectivity index (χ1n) is 11.1. The Bertz CT molecular complexity index is 1540. The number of ether oxygens (including phenoxy) is 1. The highest BCUT2D eigenvalue weighted by molar-refractivity contribution is 6.07. The van der Waals surface area contributed by atoms with E-state index in [-0.39, 0.29) is 0 Å². The summed E-state index contributed by atoms with van der Waals surface area (Å²) in [4.78, 5) is 34.4. The predicted octanol–water partition coefficient (Wildman–Crippen LogP) is 4.68. The van der Waals surface area contributed by atoms with E-state index in [1.54, 1.807) is 25.4 Å². The van der Waals surface area contributed by atoms with Crippen molar-refractivity contribution in [2.45, 2.75) is 13.0 Å². The summed E-state index contributed by atoms with van der Waals surface area (Å²) in [7, 11) is 0. The van der Waals surface area contributed by atoms with Crippen molar-refractivity contribution in [1.29, 1.82) is 0 Å². The van der Waals surface area contributed by atoms with Gasteiger partial charge in [-0.3, -0.25) is 25.4 Å². The molecule has 0 radical (unpaired) electrons. The van der Waals surface area contributed by atoms with Crippen molar-refractivity contribution in [2.24, 2.45) is 0 Å². The molecule has 5 rings (SSSR count). The first-order chi connectivity index (χ1) is 17.1. The van der Waals surface area contributed by atoms with Crippen LogP contribution >= 0.6 is 0 Å². The van der Waals surface area contributed by atoms with Gasteiger partial charge in [-0.1, -0.05) is 48.5 Å². The molecule has 2 aromatic heterocycles. The van der Waals surface area contributed by atoms with E-state index in [1.165, 1.54) is 0 Å². The summed E-state index contributed by atoms with van der Waals surface area (Å²) in [5.74, 6) is -0.357. The highest BCUT2D eigenvalue weighted by Gasteiger charge is 2.18. The minimum Gasteiger partial charge on any atom is -0.481 e. The lowest BCUT2D eigenvalue weighted by Crippen LogP contribution is -2.47. The smallest absolute Gasteiger partial charge is 0.279 e. The lowest BCUT2D eigenvalue weighted by molar-refractivity contribution is -0.128. The number of pyridine rings is 2. The minimum atomic E-state index is -0.821. The minimum absolute atomic E-state index is 0.394. The molecule has 0 aliphatic carbocycles. The van der Waals surface area contributed by atoms with E-state index in [9.17, 15) is 9.59 Å². The Morgan fingerprint density at radius 2 is 1.57 bits per heavy atom. The molecule has 0 spiro atoms. The van der Waals surface area contributed by atoms with Crippen molar-refractivity contribution in [3.63, 3.8) is 0 Å². The number of nitrogens with zero attached hydrogens (tertiary/aromatic N) is 2. The predicted molar refractivity (Wildman–Crippen MR) is 135 cm³/mol. The average Bonchev–Trinajstić information content (AvgIpc) is 2.91. The molecule has 0 saturated carbocycles. The molecular formula is C28H22N4O3. The van der Waals surface area contributed by atoms with Crippen molar-refractivity contribution in [1.82, 2.24) is 20.8 Å². The van der Waals surface area contributed by atoms with E-state index in [0.29, 0.717) is 27.9 Å². The van der Waals surface area contributed by atoms with Crippen molar-refractivity contribution >= 4 is 33.5 Å². The highest BCUT2D eigenvalue weighted by atomic mass is 16.5. The maximum atomic E-state index is 13.1. The molecule has 1 unspecified atom stereocenters. The Kier molecular flexibility index (Phi) is 6.05. The molecule has 0 bridgehead atoms. The van der Waals surface area contributed by atoms with Crippen molar-refractivity contribution in [3.8, 4) is 17.0 Å². The highest BCUT2D eigenvalue weighted by Crippen LogP contribution is 2.25. The Hall–Kier alpha value is -4.78. The summed E-state index contributed by atoms with van der Waals surface area (Å²) in [6, 6.07) is 26.2. The van der Waals surface area contributed by atoms with E-state index in [1.807, 2.05) is 78.9 Å². The zero-order valence-corrected chi connectivity index (χ0v) is 18.9. The SMILES string of the molecule is CC(Oc1ccc2ccccc2c1)C(=O)NNC(=O)c1cc(-c2ccncc2)nc2ccccc12. The zero-order chi connectivity index (χ0) is 24.2. The lowest BCUT2D eigenvalue weighted by atomic mass is 10.0. The molecule has 2 amide bonds. The van der Waals surface area contributed by atoms with Crippen molar-refractivity contribution in [2.75, 3.05) is 0 Å². The topological polar surface area (TPSA) is 93.2 Å². The lowest BCUT2D eigenvalue weighted by Gasteiger charge is -2.16. The molecule has 7 nitrogen and oxygen atoms in total. The largest absolute Gasteiger partial charge is 0.481 e. The average molecular weight is 463 g/mol. The van der Waals surface area contributed by atoms with Crippen LogP contribution in [0.2, 0.25) is 0 Å². The summed E-state index contributed by atoms with van der Waals surface area (Å²) in [6.07, 6.45) is 2.52. The summed E-state index contributed by atoms with van der Waals surface area (Å²) in [6.45, 7) is 1.63. The van der Waals surface area contributed by atoms with Crippen LogP contribution in [-0.2, 0) is 4.79 Å². The molecule has 1 atom stereocenters. The number of aromatic nitrogens is 2. The molecule has 172 valence electrons. The summed E-state index contributed by atoms with van der Waals surface area (Å²) in [5, 5.41) is 2.78. The quantitative estimate of drug-likeness (QED) is 0.370. The third-order valence-electron chi connectivity index (χ3n) is 5.64. The zero-order valence-electron chi connectivity index (χ0n) is 18.9. The Morgan fingerprint density at radius 3 is 2.40 bits per heavy atom. The van der Waals surface area contributed by atoms with Gasteiger partial charge in [0.2, 0.25) is 0 Å². The third kappa shape index (κ3) is 4.79. The molecule has 3 aromatic carbocycles. The first kappa shape index (κ1) is 22.0. The maximum absolute atomic E-state index is 13.1. The molecule has 0 aliphatic heterocycles. The van der Waals surface area contributed by atoms with E-state index in [2.05, 4.69) is 20.8 Å². The number of hydrogen-bond acceptors (Lipinski definition) is 5. The van der Waals surface area contributed by atoms with Gasteiger partial charge in [0.15, 0.2) is 6.10 Å². The van der Waals surface area contributed by atoms with Crippen molar-refractivity contribution < 1.29 is 14.3 Å². The van der Waals surface area contributed by atoms with Crippen LogP contribution in [0.15, 0.2) is 97.3 Å². The normalized spacial score (nSPS) is 11.7. The number of rotatable bonds is 5. The van der Waals surface area contributed by atoms with Gasteiger partial charge in [0.05, 0.1) is 16.8 Å². The molecule has 7 heteroatoms. The third-order valence-corrected chi connectivity index (χ3v) is 5.64. The second-order valence-electron chi connectivity index (χ2n) is 8.02. The van der Waals surface area contributed by atoms with Gasteiger partial charge >= 0.3 is 0 Å². The number of fused-ring (bicyclic) bond motifs is 2. The van der Waals surface area contributed by atoms with Gasteiger partial charge < -0.3 is 4.74 Å². The van der Waals surface area contributed by atoms with Gasteiger partial charge in [0, 0.05) is 23.3 Å².